The molecular formula is C13H13N5O3. The van der Waals surface area contributed by atoms with Gasteiger partial charge in [0, 0.05) is 12.7 Å². The average molecular weight is 287 g/mol. The Kier molecular flexibility index (Phi) is 4.50. The molecule has 0 unspecified atom stereocenters. The second-order valence-electron chi connectivity index (χ2n) is 3.94. The summed E-state index contributed by atoms with van der Waals surface area (Å²) in [7, 11) is 1.55. The third kappa shape index (κ3) is 3.36. The summed E-state index contributed by atoms with van der Waals surface area (Å²) < 4.78 is 9.24. The smallest absolute Gasteiger partial charge is 0.199 e. The standard InChI is InChI=1S/C13H13N5O3/c1-20-7-3-5-9-4-2-6-10(8-9)18(19)13(15)11-12(14)17-21-16-11/h2,4,6,8,15,19H,7H2,1H3,(H2,14,17). The number of rotatable bonds is 3. The number of ether oxygens (including phenoxy) is 1. The lowest BCUT2D eigenvalue weighted by Gasteiger charge is -2.16. The molecule has 2 rings (SSSR count). The minimum Gasteiger partial charge on any atom is -0.379 e. The van der Waals surface area contributed by atoms with Gasteiger partial charge in [-0.25, -0.2) is 9.69 Å². The second-order valence-corrected chi connectivity index (χ2v) is 3.94. The van der Waals surface area contributed by atoms with Crippen LogP contribution in [0.2, 0.25) is 0 Å². The first-order chi connectivity index (χ1) is 10.1. The van der Waals surface area contributed by atoms with Crippen LogP contribution < -0.4 is 10.8 Å². The monoisotopic (exact) mass is 287 g/mol. The van der Waals surface area contributed by atoms with E-state index in [0.717, 1.165) is 0 Å². The molecule has 4 N–H and O–H groups in total. The third-order valence-electron chi connectivity index (χ3n) is 2.49. The molecule has 0 aliphatic rings. The first-order valence-corrected chi connectivity index (χ1v) is 5.87. The normalized spacial score (nSPS) is 9.81. The molecule has 108 valence electrons. The Morgan fingerprint density at radius 1 is 1.52 bits per heavy atom. The molecule has 1 aromatic heterocycles. The van der Waals surface area contributed by atoms with Gasteiger partial charge in [-0.1, -0.05) is 17.9 Å². The molecule has 0 amide bonds. The maximum absolute atomic E-state index is 10.1. The summed E-state index contributed by atoms with van der Waals surface area (Å²) in [5.41, 5.74) is 6.45. The Labute approximate surface area is 120 Å². The molecule has 1 aromatic carbocycles. The number of methoxy groups -OCH3 is 1. The van der Waals surface area contributed by atoms with Gasteiger partial charge in [0.1, 0.15) is 6.61 Å². The quantitative estimate of drug-likeness (QED) is 0.331. The molecule has 0 atom stereocenters. The molecule has 0 saturated heterocycles. The Morgan fingerprint density at radius 3 is 3.00 bits per heavy atom. The molecule has 0 saturated carbocycles. The fraction of sp³-hybridized carbons (Fsp3) is 0.154. The van der Waals surface area contributed by atoms with E-state index in [1.54, 1.807) is 31.4 Å². The SMILES string of the molecule is COCC#Cc1cccc(N(O)C(=N)c2nonc2N)c1. The van der Waals surface area contributed by atoms with E-state index in [2.05, 4.69) is 26.8 Å². The number of nitrogens with two attached hydrogens (primary N) is 1. The van der Waals surface area contributed by atoms with Crippen molar-refractivity contribution in [1.29, 1.82) is 5.41 Å². The van der Waals surface area contributed by atoms with Crippen molar-refractivity contribution in [3.05, 3.63) is 35.5 Å². The highest BCUT2D eigenvalue weighted by Crippen LogP contribution is 2.17. The molecule has 21 heavy (non-hydrogen) atoms. The minimum absolute atomic E-state index is 0.0478. The first kappa shape index (κ1) is 14.5. The van der Waals surface area contributed by atoms with Crippen molar-refractivity contribution in [2.24, 2.45) is 0 Å². The van der Waals surface area contributed by atoms with Crippen molar-refractivity contribution in [2.75, 3.05) is 24.5 Å². The van der Waals surface area contributed by atoms with Crippen molar-refractivity contribution in [2.45, 2.75) is 0 Å². The number of benzene rings is 1. The molecule has 2 aromatic rings. The molecule has 0 radical (unpaired) electrons. The molecule has 0 bridgehead atoms. The van der Waals surface area contributed by atoms with Gasteiger partial charge in [0.2, 0.25) is 0 Å². The molecular weight excluding hydrogens is 274 g/mol. The van der Waals surface area contributed by atoms with Gasteiger partial charge in [0.25, 0.3) is 0 Å². The van der Waals surface area contributed by atoms with Gasteiger partial charge in [-0.15, -0.1) is 0 Å². The fourth-order valence-corrected chi connectivity index (χ4v) is 1.51. The van der Waals surface area contributed by atoms with Crippen LogP contribution in [0.25, 0.3) is 0 Å². The summed E-state index contributed by atoms with van der Waals surface area (Å²) in [4.78, 5) is 0. The van der Waals surface area contributed by atoms with E-state index < -0.39 is 0 Å². The van der Waals surface area contributed by atoms with E-state index >= 15 is 0 Å². The van der Waals surface area contributed by atoms with E-state index in [1.165, 1.54) is 0 Å². The maximum atomic E-state index is 10.1. The van der Waals surface area contributed by atoms with Crippen LogP contribution in [0.3, 0.4) is 0 Å². The van der Waals surface area contributed by atoms with E-state index in [0.29, 0.717) is 22.9 Å². The zero-order valence-corrected chi connectivity index (χ0v) is 11.2. The molecule has 8 nitrogen and oxygen atoms in total. The number of nitrogen functional groups attached to an aromatic ring is 1. The first-order valence-electron chi connectivity index (χ1n) is 5.87. The molecule has 1 heterocycles. The number of anilines is 2. The number of aromatic nitrogens is 2. The predicted octanol–water partition coefficient (Wildman–Crippen LogP) is 0.871. The summed E-state index contributed by atoms with van der Waals surface area (Å²) in [5, 5.41) is 25.3. The molecule has 0 aliphatic carbocycles. The van der Waals surface area contributed by atoms with E-state index in [-0.39, 0.29) is 17.3 Å². The second kappa shape index (κ2) is 6.51. The van der Waals surface area contributed by atoms with Gasteiger partial charge in [0.15, 0.2) is 17.3 Å². The van der Waals surface area contributed by atoms with E-state index in [1.807, 2.05) is 0 Å². The van der Waals surface area contributed by atoms with Crippen LogP contribution >= 0.6 is 0 Å². The van der Waals surface area contributed by atoms with Crippen molar-refractivity contribution >= 4 is 17.3 Å². The van der Waals surface area contributed by atoms with Crippen LogP contribution in [0.4, 0.5) is 11.5 Å². The van der Waals surface area contributed by atoms with Crippen LogP contribution in [0.15, 0.2) is 28.9 Å². The lowest BCUT2D eigenvalue weighted by molar-refractivity contribution is 0.240. The number of nitrogens with one attached hydrogen (secondary N) is 1. The average Bonchev–Trinajstić information content (AvgIpc) is 2.92. The van der Waals surface area contributed by atoms with Gasteiger partial charge in [-0.3, -0.25) is 10.6 Å². The predicted molar refractivity (Wildman–Crippen MR) is 75.0 cm³/mol. The van der Waals surface area contributed by atoms with Crippen LogP contribution in [-0.4, -0.2) is 35.1 Å². The lowest BCUT2D eigenvalue weighted by atomic mass is 10.2. The summed E-state index contributed by atoms with van der Waals surface area (Å²) >= 11 is 0. The largest absolute Gasteiger partial charge is 0.379 e. The zero-order chi connectivity index (χ0) is 15.2. The molecule has 8 heteroatoms. The number of hydrogen-bond donors (Lipinski definition) is 3. The van der Waals surface area contributed by atoms with E-state index in [4.69, 9.17) is 15.9 Å². The Hall–Kier alpha value is -2.89. The Balaban J connectivity index is 2.22. The Morgan fingerprint density at radius 2 is 2.33 bits per heavy atom. The van der Waals surface area contributed by atoms with Crippen LogP contribution in [0.5, 0.6) is 0 Å². The van der Waals surface area contributed by atoms with Gasteiger partial charge in [-0.2, -0.15) is 0 Å². The van der Waals surface area contributed by atoms with Crippen molar-refractivity contribution in [3.63, 3.8) is 0 Å². The molecule has 0 fully saturated rings. The zero-order valence-electron chi connectivity index (χ0n) is 11.2. The number of hydroxylamine groups is 1. The summed E-state index contributed by atoms with van der Waals surface area (Å²) in [6.07, 6.45) is 0. The summed E-state index contributed by atoms with van der Waals surface area (Å²) in [6.45, 7) is 0.310. The van der Waals surface area contributed by atoms with Gasteiger partial charge in [0.05, 0.1) is 5.69 Å². The summed E-state index contributed by atoms with van der Waals surface area (Å²) in [6, 6.07) is 6.70. The molecule has 0 aliphatic heterocycles. The van der Waals surface area contributed by atoms with Gasteiger partial charge < -0.3 is 10.5 Å². The van der Waals surface area contributed by atoms with E-state index in [9.17, 15) is 5.21 Å². The highest BCUT2D eigenvalue weighted by molar-refractivity contribution is 6.07. The van der Waals surface area contributed by atoms with Crippen molar-refractivity contribution in [1.82, 2.24) is 10.3 Å². The highest BCUT2D eigenvalue weighted by atomic mass is 16.6. The highest BCUT2D eigenvalue weighted by Gasteiger charge is 2.19. The van der Waals surface area contributed by atoms with Crippen LogP contribution in [0, 0.1) is 17.3 Å². The lowest BCUT2D eigenvalue weighted by Crippen LogP contribution is -2.28. The van der Waals surface area contributed by atoms with Crippen LogP contribution in [0.1, 0.15) is 11.3 Å². The summed E-state index contributed by atoms with van der Waals surface area (Å²) in [5.74, 6) is 5.25. The van der Waals surface area contributed by atoms with Crippen molar-refractivity contribution in [3.8, 4) is 11.8 Å². The number of hydrogen-bond acceptors (Lipinski definition) is 7. The van der Waals surface area contributed by atoms with Gasteiger partial charge in [-0.05, 0) is 28.5 Å². The number of amidine groups is 1. The maximum Gasteiger partial charge on any atom is 0.199 e. The fourth-order valence-electron chi connectivity index (χ4n) is 1.51. The van der Waals surface area contributed by atoms with Gasteiger partial charge >= 0.3 is 0 Å². The number of nitrogens with zero attached hydrogens (tertiary/aromatic N) is 3. The Bertz CT molecular complexity index is 701. The minimum atomic E-state index is -0.351. The van der Waals surface area contributed by atoms with Crippen molar-refractivity contribution < 1.29 is 14.6 Å². The molecule has 0 spiro atoms. The third-order valence-corrected chi connectivity index (χ3v) is 2.49. The van der Waals surface area contributed by atoms with Crippen LogP contribution in [-0.2, 0) is 4.74 Å². The topological polar surface area (TPSA) is 121 Å².